The van der Waals surface area contributed by atoms with Crippen molar-refractivity contribution in [2.75, 3.05) is 28.4 Å². The van der Waals surface area contributed by atoms with Gasteiger partial charge in [0.15, 0.2) is 0 Å². The Morgan fingerprint density at radius 1 is 0.720 bits per heavy atom. The summed E-state index contributed by atoms with van der Waals surface area (Å²) in [5.41, 5.74) is 2.46. The van der Waals surface area contributed by atoms with Crippen molar-refractivity contribution < 1.29 is 28.5 Å². The van der Waals surface area contributed by atoms with Gasteiger partial charge in [0.25, 0.3) is 0 Å². The van der Waals surface area contributed by atoms with E-state index in [1.807, 2.05) is 12.1 Å². The van der Waals surface area contributed by atoms with Crippen LogP contribution in [0, 0.1) is 0 Å². The molecule has 0 heterocycles. The second kappa shape index (κ2) is 8.19. The third-order valence-corrected chi connectivity index (χ3v) is 3.75. The number of esters is 2. The molecular formula is C19H20O6. The van der Waals surface area contributed by atoms with E-state index in [2.05, 4.69) is 0 Å². The number of hydrogen-bond acceptors (Lipinski definition) is 6. The standard InChI is InChI=1S/C19H20O6/c1-22-16-7-5-12(10-14(16)18(20)24-3)9-13-6-8-17(23-2)15(11-13)19(21)25-4/h5-8,10-11H,9H2,1-4H3. The highest BCUT2D eigenvalue weighted by Gasteiger charge is 2.16. The maximum Gasteiger partial charge on any atom is 0.341 e. The summed E-state index contributed by atoms with van der Waals surface area (Å²) in [6.45, 7) is 0. The second-order valence-electron chi connectivity index (χ2n) is 5.23. The molecule has 0 unspecified atom stereocenters. The quantitative estimate of drug-likeness (QED) is 0.751. The van der Waals surface area contributed by atoms with Gasteiger partial charge in [-0.15, -0.1) is 0 Å². The minimum Gasteiger partial charge on any atom is -0.496 e. The van der Waals surface area contributed by atoms with E-state index in [1.54, 1.807) is 24.3 Å². The minimum atomic E-state index is -0.469. The topological polar surface area (TPSA) is 71.1 Å². The first kappa shape index (κ1) is 18.3. The first-order valence-corrected chi connectivity index (χ1v) is 7.54. The van der Waals surface area contributed by atoms with Gasteiger partial charge in [-0.25, -0.2) is 9.59 Å². The first-order valence-electron chi connectivity index (χ1n) is 7.54. The van der Waals surface area contributed by atoms with Gasteiger partial charge in [-0.2, -0.15) is 0 Å². The van der Waals surface area contributed by atoms with Crippen LogP contribution in [0.5, 0.6) is 11.5 Å². The summed E-state index contributed by atoms with van der Waals surface area (Å²) in [4.78, 5) is 23.8. The zero-order chi connectivity index (χ0) is 18.4. The van der Waals surface area contributed by atoms with Crippen molar-refractivity contribution in [2.45, 2.75) is 6.42 Å². The maximum atomic E-state index is 11.9. The monoisotopic (exact) mass is 344 g/mol. The molecule has 6 heteroatoms. The molecule has 0 radical (unpaired) electrons. The SMILES string of the molecule is COC(=O)c1cc(Cc2ccc(OC)c(C(=O)OC)c2)ccc1OC. The van der Waals surface area contributed by atoms with Crippen molar-refractivity contribution in [1.29, 1.82) is 0 Å². The molecule has 0 aliphatic rings. The van der Waals surface area contributed by atoms with E-state index in [9.17, 15) is 9.59 Å². The van der Waals surface area contributed by atoms with E-state index in [0.29, 0.717) is 29.0 Å². The summed E-state index contributed by atoms with van der Waals surface area (Å²) in [5, 5.41) is 0. The fraction of sp³-hybridized carbons (Fsp3) is 0.263. The van der Waals surface area contributed by atoms with E-state index < -0.39 is 11.9 Å². The van der Waals surface area contributed by atoms with Crippen molar-refractivity contribution in [3.63, 3.8) is 0 Å². The first-order chi connectivity index (χ1) is 12.0. The molecule has 2 aromatic rings. The van der Waals surface area contributed by atoms with Crippen LogP contribution in [0.15, 0.2) is 36.4 Å². The van der Waals surface area contributed by atoms with Crippen LogP contribution in [0.1, 0.15) is 31.8 Å². The van der Waals surface area contributed by atoms with Crippen LogP contribution >= 0.6 is 0 Å². The van der Waals surface area contributed by atoms with Gasteiger partial charge in [-0.05, 0) is 41.8 Å². The Balaban J connectivity index is 2.36. The number of ether oxygens (including phenoxy) is 4. The average Bonchev–Trinajstić information content (AvgIpc) is 2.66. The lowest BCUT2D eigenvalue weighted by atomic mass is 10.00. The number of methoxy groups -OCH3 is 4. The highest BCUT2D eigenvalue weighted by Crippen LogP contribution is 2.25. The molecule has 0 aliphatic carbocycles. The summed E-state index contributed by atoms with van der Waals surface area (Å²) in [7, 11) is 5.63. The summed E-state index contributed by atoms with van der Waals surface area (Å²) in [5.74, 6) is -0.0477. The van der Waals surface area contributed by atoms with E-state index in [4.69, 9.17) is 18.9 Å². The molecule has 0 amide bonds. The van der Waals surface area contributed by atoms with Crippen LogP contribution < -0.4 is 9.47 Å². The molecule has 2 rings (SSSR count). The Kier molecular flexibility index (Phi) is 6.00. The molecule has 0 spiro atoms. The van der Waals surface area contributed by atoms with Gasteiger partial charge >= 0.3 is 11.9 Å². The summed E-state index contributed by atoms with van der Waals surface area (Å²) in [6.07, 6.45) is 0.516. The highest BCUT2D eigenvalue weighted by molar-refractivity contribution is 5.93. The van der Waals surface area contributed by atoms with Crippen LogP contribution in [0.2, 0.25) is 0 Å². The fourth-order valence-electron chi connectivity index (χ4n) is 2.50. The zero-order valence-electron chi connectivity index (χ0n) is 14.6. The largest absolute Gasteiger partial charge is 0.496 e. The number of benzene rings is 2. The van der Waals surface area contributed by atoms with Crippen LogP contribution in [0.4, 0.5) is 0 Å². The maximum absolute atomic E-state index is 11.9. The van der Waals surface area contributed by atoms with Crippen molar-refractivity contribution in [2.24, 2.45) is 0 Å². The van der Waals surface area contributed by atoms with Crippen molar-refractivity contribution in [3.8, 4) is 11.5 Å². The number of carbonyl (C=O) groups is 2. The molecule has 0 bridgehead atoms. The van der Waals surface area contributed by atoms with Gasteiger partial charge in [0.2, 0.25) is 0 Å². The van der Waals surface area contributed by atoms with Crippen LogP contribution in [-0.2, 0) is 15.9 Å². The Hall–Kier alpha value is -3.02. The van der Waals surface area contributed by atoms with Gasteiger partial charge in [0.1, 0.15) is 22.6 Å². The predicted molar refractivity (Wildman–Crippen MR) is 91.5 cm³/mol. The zero-order valence-corrected chi connectivity index (χ0v) is 14.6. The summed E-state index contributed by atoms with van der Waals surface area (Å²) in [6, 6.07) is 10.6. The fourth-order valence-corrected chi connectivity index (χ4v) is 2.50. The predicted octanol–water partition coefficient (Wildman–Crippen LogP) is 2.87. The van der Waals surface area contributed by atoms with E-state index in [-0.39, 0.29) is 0 Å². The van der Waals surface area contributed by atoms with E-state index >= 15 is 0 Å². The van der Waals surface area contributed by atoms with Crippen LogP contribution in [0.25, 0.3) is 0 Å². The lowest BCUT2D eigenvalue weighted by Gasteiger charge is -2.11. The van der Waals surface area contributed by atoms with Gasteiger partial charge < -0.3 is 18.9 Å². The van der Waals surface area contributed by atoms with Crippen molar-refractivity contribution >= 4 is 11.9 Å². The minimum absolute atomic E-state index is 0.351. The second-order valence-corrected chi connectivity index (χ2v) is 5.23. The van der Waals surface area contributed by atoms with Gasteiger partial charge in [-0.3, -0.25) is 0 Å². The molecule has 0 fully saturated rings. The summed E-state index contributed by atoms with van der Waals surface area (Å²) >= 11 is 0. The number of rotatable bonds is 6. The molecule has 6 nitrogen and oxygen atoms in total. The average molecular weight is 344 g/mol. The normalized spacial score (nSPS) is 10.1. The molecule has 0 saturated carbocycles. The van der Waals surface area contributed by atoms with Gasteiger partial charge in [-0.1, -0.05) is 12.1 Å². The smallest absolute Gasteiger partial charge is 0.341 e. The molecular weight excluding hydrogens is 324 g/mol. The Morgan fingerprint density at radius 2 is 1.12 bits per heavy atom. The van der Waals surface area contributed by atoms with Crippen molar-refractivity contribution in [3.05, 3.63) is 58.7 Å². The Morgan fingerprint density at radius 3 is 1.44 bits per heavy atom. The Labute approximate surface area is 146 Å². The molecule has 0 aliphatic heterocycles. The molecule has 2 aromatic carbocycles. The number of carbonyl (C=O) groups excluding carboxylic acids is 2. The van der Waals surface area contributed by atoms with Crippen molar-refractivity contribution in [1.82, 2.24) is 0 Å². The molecule has 0 saturated heterocycles. The third kappa shape index (κ3) is 4.09. The van der Waals surface area contributed by atoms with Gasteiger partial charge in [0.05, 0.1) is 28.4 Å². The molecule has 0 aromatic heterocycles. The summed E-state index contributed by atoms with van der Waals surface area (Å²) < 4.78 is 19.9. The number of hydrogen-bond donors (Lipinski definition) is 0. The molecule has 0 N–H and O–H groups in total. The molecule has 0 atom stereocenters. The molecule has 25 heavy (non-hydrogen) atoms. The van der Waals surface area contributed by atoms with Crippen LogP contribution in [0.3, 0.4) is 0 Å². The lowest BCUT2D eigenvalue weighted by molar-refractivity contribution is 0.0588. The van der Waals surface area contributed by atoms with E-state index in [1.165, 1.54) is 28.4 Å². The Bertz CT molecular complexity index is 716. The van der Waals surface area contributed by atoms with Crippen LogP contribution in [-0.4, -0.2) is 40.4 Å². The van der Waals surface area contributed by atoms with E-state index in [0.717, 1.165) is 11.1 Å². The highest BCUT2D eigenvalue weighted by atomic mass is 16.5. The molecule has 132 valence electrons. The van der Waals surface area contributed by atoms with Gasteiger partial charge in [0, 0.05) is 0 Å². The lowest BCUT2D eigenvalue weighted by Crippen LogP contribution is -2.06. The third-order valence-electron chi connectivity index (χ3n) is 3.75.